The number of amides is 1. The molecule has 0 radical (unpaired) electrons. The molecule has 0 unspecified atom stereocenters. The number of thiophene rings is 1. The monoisotopic (exact) mass is 319 g/mol. The number of aromatic nitrogens is 1. The summed E-state index contributed by atoms with van der Waals surface area (Å²) in [5, 5.41) is 8.06. The van der Waals surface area contributed by atoms with E-state index in [0.717, 1.165) is 35.5 Å². The van der Waals surface area contributed by atoms with Crippen LogP contribution in [0.4, 0.5) is 0 Å². The molecule has 3 rings (SSSR count). The second-order valence-corrected chi connectivity index (χ2v) is 6.81. The van der Waals surface area contributed by atoms with Crippen molar-refractivity contribution in [3.63, 3.8) is 0 Å². The van der Waals surface area contributed by atoms with Crippen LogP contribution in [0.25, 0.3) is 0 Å². The Bertz CT molecular complexity index is 648. The van der Waals surface area contributed by atoms with Crippen LogP contribution in [0.1, 0.15) is 41.2 Å². The second kappa shape index (κ2) is 6.22. The van der Waals surface area contributed by atoms with Crippen LogP contribution >= 0.6 is 11.3 Å². The number of carbonyl (C=O) groups is 1. The Balaban J connectivity index is 1.77. The fourth-order valence-corrected chi connectivity index (χ4v) is 3.18. The van der Waals surface area contributed by atoms with Crippen LogP contribution in [0.3, 0.4) is 0 Å². The summed E-state index contributed by atoms with van der Waals surface area (Å²) in [5.41, 5.74) is 2.81. The molecule has 1 aliphatic rings. The molecule has 0 aliphatic carbocycles. The SMILES string of the molecule is CC(C)N(C)Cc1noc2c1CN(C(=O)c1ccsc1)CC2. The number of hydrogen-bond acceptors (Lipinski definition) is 5. The minimum atomic E-state index is 0.0938. The first kappa shape index (κ1) is 15.2. The molecule has 2 aromatic rings. The van der Waals surface area contributed by atoms with Gasteiger partial charge in [0.05, 0.1) is 12.1 Å². The van der Waals surface area contributed by atoms with E-state index in [1.165, 1.54) is 0 Å². The minimum Gasteiger partial charge on any atom is -0.361 e. The average Bonchev–Trinajstić information content (AvgIpc) is 3.16. The zero-order chi connectivity index (χ0) is 15.7. The zero-order valence-corrected chi connectivity index (χ0v) is 14.0. The molecule has 3 heterocycles. The maximum atomic E-state index is 12.5. The van der Waals surface area contributed by atoms with Gasteiger partial charge in [-0.05, 0) is 32.3 Å². The van der Waals surface area contributed by atoms with E-state index in [1.54, 1.807) is 11.3 Å². The summed E-state index contributed by atoms with van der Waals surface area (Å²) in [6, 6.07) is 2.32. The van der Waals surface area contributed by atoms with Crippen LogP contribution in [0.5, 0.6) is 0 Å². The van der Waals surface area contributed by atoms with Crippen LogP contribution < -0.4 is 0 Å². The Morgan fingerprint density at radius 3 is 3.05 bits per heavy atom. The van der Waals surface area contributed by atoms with Crippen molar-refractivity contribution >= 4 is 17.2 Å². The molecule has 0 fully saturated rings. The first-order valence-corrected chi connectivity index (χ1v) is 8.48. The fraction of sp³-hybridized carbons (Fsp3) is 0.500. The van der Waals surface area contributed by atoms with E-state index >= 15 is 0 Å². The van der Waals surface area contributed by atoms with Gasteiger partial charge in [-0.25, -0.2) is 0 Å². The molecular formula is C16H21N3O2S. The molecule has 0 saturated heterocycles. The van der Waals surface area contributed by atoms with Crippen LogP contribution in [-0.4, -0.2) is 40.5 Å². The molecule has 1 amide bonds. The summed E-state index contributed by atoms with van der Waals surface area (Å²) in [7, 11) is 2.07. The van der Waals surface area contributed by atoms with Gasteiger partial charge in [-0.2, -0.15) is 11.3 Å². The van der Waals surface area contributed by atoms with Gasteiger partial charge in [0.1, 0.15) is 11.5 Å². The van der Waals surface area contributed by atoms with E-state index in [9.17, 15) is 4.79 Å². The number of hydrogen-bond donors (Lipinski definition) is 0. The van der Waals surface area contributed by atoms with Gasteiger partial charge in [0.15, 0.2) is 0 Å². The average molecular weight is 319 g/mol. The number of carbonyl (C=O) groups excluding carboxylic acids is 1. The first-order valence-electron chi connectivity index (χ1n) is 7.54. The predicted octanol–water partition coefficient (Wildman–Crippen LogP) is 2.77. The summed E-state index contributed by atoms with van der Waals surface area (Å²) >= 11 is 1.55. The highest BCUT2D eigenvalue weighted by Gasteiger charge is 2.28. The fourth-order valence-electron chi connectivity index (χ4n) is 2.55. The van der Waals surface area contributed by atoms with Gasteiger partial charge >= 0.3 is 0 Å². The molecule has 0 bridgehead atoms. The Hall–Kier alpha value is -1.66. The third-order valence-electron chi connectivity index (χ3n) is 4.24. The maximum Gasteiger partial charge on any atom is 0.255 e. The van der Waals surface area contributed by atoms with Crippen LogP contribution in [0.2, 0.25) is 0 Å². The van der Waals surface area contributed by atoms with Crippen molar-refractivity contribution in [1.82, 2.24) is 15.0 Å². The van der Waals surface area contributed by atoms with Crippen LogP contribution in [-0.2, 0) is 19.5 Å². The predicted molar refractivity (Wildman–Crippen MR) is 85.9 cm³/mol. The maximum absolute atomic E-state index is 12.5. The van der Waals surface area contributed by atoms with Gasteiger partial charge in [0.2, 0.25) is 0 Å². The lowest BCUT2D eigenvalue weighted by Crippen LogP contribution is -2.36. The number of rotatable bonds is 4. The van der Waals surface area contributed by atoms with Gasteiger partial charge < -0.3 is 9.42 Å². The highest BCUT2D eigenvalue weighted by Crippen LogP contribution is 2.25. The Morgan fingerprint density at radius 2 is 2.36 bits per heavy atom. The summed E-state index contributed by atoms with van der Waals surface area (Å²) in [5.74, 6) is 1.03. The molecule has 0 saturated carbocycles. The molecule has 0 N–H and O–H groups in total. The molecule has 6 heteroatoms. The second-order valence-electron chi connectivity index (χ2n) is 6.03. The normalized spacial score (nSPS) is 14.7. The molecule has 2 aromatic heterocycles. The lowest BCUT2D eigenvalue weighted by molar-refractivity contribution is 0.0729. The summed E-state index contributed by atoms with van der Waals surface area (Å²) in [4.78, 5) is 16.6. The van der Waals surface area contributed by atoms with E-state index in [2.05, 4.69) is 31.0 Å². The van der Waals surface area contributed by atoms with E-state index in [4.69, 9.17) is 4.52 Å². The first-order chi connectivity index (χ1) is 10.6. The smallest absolute Gasteiger partial charge is 0.255 e. The molecule has 0 spiro atoms. The molecule has 1 aliphatic heterocycles. The van der Waals surface area contributed by atoms with Gasteiger partial charge in [0, 0.05) is 36.5 Å². The van der Waals surface area contributed by atoms with E-state index in [-0.39, 0.29) is 5.91 Å². The third-order valence-corrected chi connectivity index (χ3v) is 4.93. The van der Waals surface area contributed by atoms with E-state index in [0.29, 0.717) is 19.1 Å². The molecule has 0 atom stereocenters. The number of fused-ring (bicyclic) bond motifs is 1. The molecule has 22 heavy (non-hydrogen) atoms. The summed E-state index contributed by atoms with van der Waals surface area (Å²) in [6.07, 6.45) is 0.740. The van der Waals surface area contributed by atoms with Crippen molar-refractivity contribution in [1.29, 1.82) is 0 Å². The largest absolute Gasteiger partial charge is 0.361 e. The van der Waals surface area contributed by atoms with Gasteiger partial charge in [-0.1, -0.05) is 5.16 Å². The highest BCUT2D eigenvalue weighted by atomic mass is 32.1. The molecule has 118 valence electrons. The zero-order valence-electron chi connectivity index (χ0n) is 13.2. The lowest BCUT2D eigenvalue weighted by atomic mass is 10.0. The van der Waals surface area contributed by atoms with Crippen molar-refractivity contribution in [3.05, 3.63) is 39.4 Å². The lowest BCUT2D eigenvalue weighted by Gasteiger charge is -2.27. The minimum absolute atomic E-state index is 0.0938. The third kappa shape index (κ3) is 2.94. The summed E-state index contributed by atoms with van der Waals surface area (Å²) in [6.45, 7) is 6.33. The van der Waals surface area contributed by atoms with Crippen molar-refractivity contribution in [2.24, 2.45) is 0 Å². The molecular weight excluding hydrogens is 298 g/mol. The standard InChI is InChI=1S/C16H21N3O2S/c1-11(2)18(3)9-14-13-8-19(6-4-15(13)21-17-14)16(20)12-5-7-22-10-12/h5,7,10-11H,4,6,8-9H2,1-3H3. The Kier molecular flexibility index (Phi) is 4.31. The highest BCUT2D eigenvalue weighted by molar-refractivity contribution is 7.08. The van der Waals surface area contributed by atoms with Crippen molar-refractivity contribution in [2.45, 2.75) is 39.4 Å². The van der Waals surface area contributed by atoms with Gasteiger partial charge in [0.25, 0.3) is 5.91 Å². The van der Waals surface area contributed by atoms with Gasteiger partial charge in [-0.3, -0.25) is 9.69 Å². The van der Waals surface area contributed by atoms with Crippen LogP contribution in [0.15, 0.2) is 21.3 Å². The quantitative estimate of drug-likeness (QED) is 0.869. The molecule has 5 nitrogen and oxygen atoms in total. The Morgan fingerprint density at radius 1 is 1.55 bits per heavy atom. The Labute approximate surface area is 134 Å². The van der Waals surface area contributed by atoms with Crippen LogP contribution in [0, 0.1) is 0 Å². The number of nitrogens with zero attached hydrogens (tertiary/aromatic N) is 3. The molecule has 0 aromatic carbocycles. The van der Waals surface area contributed by atoms with Crippen molar-refractivity contribution in [3.8, 4) is 0 Å². The van der Waals surface area contributed by atoms with E-state index < -0.39 is 0 Å². The van der Waals surface area contributed by atoms with Crippen molar-refractivity contribution in [2.75, 3.05) is 13.6 Å². The topological polar surface area (TPSA) is 49.6 Å². The van der Waals surface area contributed by atoms with E-state index in [1.807, 2.05) is 21.7 Å². The summed E-state index contributed by atoms with van der Waals surface area (Å²) < 4.78 is 5.47. The van der Waals surface area contributed by atoms with Gasteiger partial charge in [-0.15, -0.1) is 0 Å². The van der Waals surface area contributed by atoms with Crippen molar-refractivity contribution < 1.29 is 9.32 Å².